The van der Waals surface area contributed by atoms with E-state index in [4.69, 9.17) is 11.6 Å². The molecule has 1 saturated heterocycles. The third-order valence-electron chi connectivity index (χ3n) is 5.26. The zero-order valence-electron chi connectivity index (χ0n) is 16.9. The van der Waals surface area contributed by atoms with E-state index in [0.717, 1.165) is 0 Å². The molecule has 32 heavy (non-hydrogen) atoms. The van der Waals surface area contributed by atoms with Crippen molar-refractivity contribution in [3.05, 3.63) is 106 Å². The first-order valence-electron chi connectivity index (χ1n) is 9.71. The van der Waals surface area contributed by atoms with E-state index < -0.39 is 29.3 Å². The molecule has 3 aromatic rings. The van der Waals surface area contributed by atoms with Gasteiger partial charge < -0.3 is 5.11 Å². The number of anilines is 1. The monoisotopic (exact) mass is 449 g/mol. The molecule has 0 bridgehead atoms. The van der Waals surface area contributed by atoms with Crippen LogP contribution >= 0.6 is 11.6 Å². The predicted molar refractivity (Wildman–Crippen MR) is 119 cm³/mol. The third-order valence-corrected chi connectivity index (χ3v) is 5.51. The lowest BCUT2D eigenvalue weighted by Crippen LogP contribution is -2.29. The van der Waals surface area contributed by atoms with Gasteiger partial charge in [0.2, 0.25) is 0 Å². The Kier molecular flexibility index (Phi) is 5.63. The zero-order chi connectivity index (χ0) is 23.0. The van der Waals surface area contributed by atoms with Crippen molar-refractivity contribution in [1.82, 2.24) is 0 Å². The molecule has 0 spiro atoms. The number of Topliss-reactive ketones (excluding diaryl/α,β-unsaturated/α-hetero) is 2. The lowest BCUT2D eigenvalue weighted by molar-refractivity contribution is -0.132. The van der Waals surface area contributed by atoms with Gasteiger partial charge in [-0.2, -0.15) is 0 Å². The van der Waals surface area contributed by atoms with Crippen LogP contribution in [0.3, 0.4) is 0 Å². The highest BCUT2D eigenvalue weighted by Gasteiger charge is 2.47. The van der Waals surface area contributed by atoms with Gasteiger partial charge in [0, 0.05) is 21.8 Å². The largest absolute Gasteiger partial charge is 0.507 e. The molecule has 1 aliphatic rings. The molecule has 3 aromatic carbocycles. The van der Waals surface area contributed by atoms with Crippen molar-refractivity contribution in [1.29, 1.82) is 0 Å². The van der Waals surface area contributed by atoms with Crippen LogP contribution in [-0.4, -0.2) is 22.6 Å². The summed E-state index contributed by atoms with van der Waals surface area (Å²) in [4.78, 5) is 39.2. The van der Waals surface area contributed by atoms with Gasteiger partial charge in [-0.3, -0.25) is 19.3 Å². The summed E-state index contributed by atoms with van der Waals surface area (Å²) in [5.41, 5.74) is 1.03. The minimum Gasteiger partial charge on any atom is -0.507 e. The molecule has 4 rings (SSSR count). The fourth-order valence-electron chi connectivity index (χ4n) is 3.73. The molecule has 160 valence electrons. The van der Waals surface area contributed by atoms with E-state index >= 15 is 0 Å². The highest BCUT2D eigenvalue weighted by molar-refractivity contribution is 6.51. The first-order valence-corrected chi connectivity index (χ1v) is 10.1. The van der Waals surface area contributed by atoms with Crippen molar-refractivity contribution in [3.63, 3.8) is 0 Å². The lowest BCUT2D eigenvalue weighted by Gasteiger charge is -2.25. The van der Waals surface area contributed by atoms with Crippen molar-refractivity contribution in [2.24, 2.45) is 0 Å². The van der Waals surface area contributed by atoms with Crippen LogP contribution in [0.2, 0.25) is 5.02 Å². The normalized spacial score (nSPS) is 17.6. The summed E-state index contributed by atoms with van der Waals surface area (Å²) in [6.07, 6.45) is 0. The van der Waals surface area contributed by atoms with E-state index in [1.54, 1.807) is 36.4 Å². The van der Waals surface area contributed by atoms with E-state index in [1.165, 1.54) is 48.2 Å². The van der Waals surface area contributed by atoms with Crippen molar-refractivity contribution in [2.75, 3.05) is 4.90 Å². The minimum atomic E-state index is -1.09. The Morgan fingerprint density at radius 3 is 2.31 bits per heavy atom. The first kappa shape index (κ1) is 21.5. The number of ketones is 2. The van der Waals surface area contributed by atoms with Gasteiger partial charge >= 0.3 is 0 Å². The van der Waals surface area contributed by atoms with Crippen LogP contribution in [0, 0.1) is 5.82 Å². The van der Waals surface area contributed by atoms with E-state index in [1.807, 2.05) is 0 Å². The van der Waals surface area contributed by atoms with Crippen molar-refractivity contribution in [3.8, 4) is 0 Å². The van der Waals surface area contributed by atoms with Crippen LogP contribution in [-0.2, 0) is 9.59 Å². The molecule has 1 fully saturated rings. The van der Waals surface area contributed by atoms with Gasteiger partial charge in [-0.25, -0.2) is 4.39 Å². The van der Waals surface area contributed by atoms with Crippen LogP contribution in [0.4, 0.5) is 10.1 Å². The number of aliphatic hydroxyl groups is 1. The predicted octanol–water partition coefficient (Wildman–Crippen LogP) is 5.31. The molecule has 0 radical (unpaired) electrons. The molecule has 1 aliphatic heterocycles. The molecular weight excluding hydrogens is 433 g/mol. The Balaban J connectivity index is 1.96. The molecule has 0 aromatic heterocycles. The summed E-state index contributed by atoms with van der Waals surface area (Å²) in [5, 5.41) is 11.4. The van der Waals surface area contributed by atoms with Crippen LogP contribution in [0.1, 0.15) is 34.5 Å². The second-order valence-corrected chi connectivity index (χ2v) is 7.77. The fraction of sp³-hybridized carbons (Fsp3) is 0.0800. The SMILES string of the molecule is CC(=O)c1cccc(N2C(=O)C(=O)/C(=C(/O)c3ccc(Cl)cc3)C2c2cccc(F)c2)c1. The summed E-state index contributed by atoms with van der Waals surface area (Å²) < 4.78 is 14.1. The Morgan fingerprint density at radius 1 is 0.969 bits per heavy atom. The summed E-state index contributed by atoms with van der Waals surface area (Å²) in [7, 11) is 0. The molecule has 1 heterocycles. The Hall–Kier alpha value is -3.77. The maximum absolute atomic E-state index is 14.1. The van der Waals surface area contributed by atoms with Gasteiger partial charge in [0.25, 0.3) is 11.7 Å². The number of halogens is 2. The molecule has 1 atom stereocenters. The van der Waals surface area contributed by atoms with Crippen LogP contribution in [0.25, 0.3) is 5.76 Å². The first-order chi connectivity index (χ1) is 15.3. The summed E-state index contributed by atoms with van der Waals surface area (Å²) >= 11 is 5.92. The quantitative estimate of drug-likeness (QED) is 0.253. The number of rotatable bonds is 4. The zero-order valence-corrected chi connectivity index (χ0v) is 17.6. The number of aliphatic hydroxyl groups excluding tert-OH is 1. The second kappa shape index (κ2) is 8.40. The Morgan fingerprint density at radius 2 is 1.66 bits per heavy atom. The Bertz CT molecular complexity index is 1280. The van der Waals surface area contributed by atoms with Crippen LogP contribution in [0.5, 0.6) is 0 Å². The van der Waals surface area contributed by atoms with Gasteiger partial charge in [-0.05, 0) is 61.0 Å². The average molecular weight is 450 g/mol. The number of hydrogen-bond acceptors (Lipinski definition) is 4. The molecule has 1 unspecified atom stereocenters. The number of benzene rings is 3. The fourth-order valence-corrected chi connectivity index (χ4v) is 3.85. The number of carbonyl (C=O) groups excluding carboxylic acids is 3. The highest BCUT2D eigenvalue weighted by atomic mass is 35.5. The highest BCUT2D eigenvalue weighted by Crippen LogP contribution is 2.42. The van der Waals surface area contributed by atoms with E-state index in [0.29, 0.717) is 16.1 Å². The van der Waals surface area contributed by atoms with Gasteiger partial charge in [0.15, 0.2) is 5.78 Å². The number of carbonyl (C=O) groups is 3. The van der Waals surface area contributed by atoms with Gasteiger partial charge in [0.05, 0.1) is 11.6 Å². The number of amides is 1. The maximum Gasteiger partial charge on any atom is 0.300 e. The molecule has 5 nitrogen and oxygen atoms in total. The molecule has 0 saturated carbocycles. The van der Waals surface area contributed by atoms with E-state index in [9.17, 15) is 23.9 Å². The van der Waals surface area contributed by atoms with Crippen molar-refractivity contribution in [2.45, 2.75) is 13.0 Å². The summed E-state index contributed by atoms with van der Waals surface area (Å²) in [6.45, 7) is 1.39. The summed E-state index contributed by atoms with van der Waals surface area (Å²) in [6, 6.07) is 16.7. The smallest absolute Gasteiger partial charge is 0.300 e. The maximum atomic E-state index is 14.1. The molecular formula is C25H17ClFNO4. The van der Waals surface area contributed by atoms with Gasteiger partial charge in [-0.1, -0.05) is 35.9 Å². The molecule has 7 heteroatoms. The Labute approximate surface area is 188 Å². The topological polar surface area (TPSA) is 74.7 Å². The lowest BCUT2D eigenvalue weighted by atomic mass is 9.95. The second-order valence-electron chi connectivity index (χ2n) is 7.34. The number of nitrogens with zero attached hydrogens (tertiary/aromatic N) is 1. The third kappa shape index (κ3) is 3.81. The van der Waals surface area contributed by atoms with Gasteiger partial charge in [0.1, 0.15) is 11.6 Å². The van der Waals surface area contributed by atoms with Crippen molar-refractivity contribution >= 4 is 40.5 Å². The van der Waals surface area contributed by atoms with Crippen molar-refractivity contribution < 1.29 is 23.9 Å². The van der Waals surface area contributed by atoms with Crippen LogP contribution in [0.15, 0.2) is 78.4 Å². The number of hydrogen-bond donors (Lipinski definition) is 1. The van der Waals surface area contributed by atoms with E-state index in [-0.39, 0.29) is 22.6 Å². The van der Waals surface area contributed by atoms with E-state index in [2.05, 4.69) is 0 Å². The molecule has 1 amide bonds. The standard InChI is InChI=1S/C25H17ClFNO4/c1-14(29)16-4-3-7-20(13-16)28-22(17-5-2-6-19(27)12-17)21(24(31)25(28)32)23(30)15-8-10-18(26)11-9-15/h2-13,22,30H,1H3/b23-21+. The summed E-state index contributed by atoms with van der Waals surface area (Å²) in [5.74, 6) is -2.99. The molecule has 1 N–H and O–H groups in total. The van der Waals surface area contributed by atoms with Gasteiger partial charge in [-0.15, -0.1) is 0 Å². The molecule has 0 aliphatic carbocycles. The average Bonchev–Trinajstić information content (AvgIpc) is 3.04. The van der Waals surface area contributed by atoms with Crippen LogP contribution < -0.4 is 4.90 Å². The minimum absolute atomic E-state index is 0.184.